The van der Waals surface area contributed by atoms with Crippen molar-refractivity contribution >= 4 is 27.7 Å². The predicted octanol–water partition coefficient (Wildman–Crippen LogP) is 4.28. The number of Topliss-reactive ketones (excluding diaryl/α,β-unsaturated/α-hetero) is 1. The summed E-state index contributed by atoms with van der Waals surface area (Å²) in [6, 6.07) is 15.8. The van der Waals surface area contributed by atoms with Crippen molar-refractivity contribution in [2.24, 2.45) is 0 Å². The Bertz CT molecular complexity index is 880. The Morgan fingerprint density at radius 1 is 0.862 bits per heavy atom. The van der Waals surface area contributed by atoms with E-state index in [4.69, 9.17) is 9.47 Å². The van der Waals surface area contributed by atoms with Crippen LogP contribution in [0.2, 0.25) is 0 Å². The second-order valence-electron chi connectivity index (χ2n) is 6.38. The molecule has 3 aromatic rings. The number of rotatable bonds is 9. The summed E-state index contributed by atoms with van der Waals surface area (Å²) in [5, 5.41) is 0.247. The van der Waals surface area contributed by atoms with E-state index >= 15 is 0 Å². The molecule has 0 radical (unpaired) electrons. The maximum atomic E-state index is 11.8. The molecule has 3 rings (SSSR count). The number of benzene rings is 2. The molecule has 0 amide bonds. The number of anilines is 1. The second kappa shape index (κ2) is 10.0. The Balaban J connectivity index is 1.85. The highest BCUT2D eigenvalue weighted by molar-refractivity contribution is 9.09. The standard InChI is InChI=1S/C22H22BrN3O3/c1-28-19-7-3-16(4-8-19)14-26(15-17-5-9-20(29-2)10-6-17)22-24-12-18(13-25-22)21(27)11-23/h3-10,12-13H,11,14-15H2,1-2H3. The lowest BCUT2D eigenvalue weighted by Gasteiger charge is -2.23. The van der Waals surface area contributed by atoms with Crippen LogP contribution in [-0.2, 0) is 13.1 Å². The van der Waals surface area contributed by atoms with Crippen molar-refractivity contribution < 1.29 is 14.3 Å². The molecular formula is C22H22BrN3O3. The zero-order valence-corrected chi connectivity index (χ0v) is 17.9. The summed E-state index contributed by atoms with van der Waals surface area (Å²) in [6.45, 7) is 1.23. The molecule has 0 atom stereocenters. The molecule has 1 heterocycles. The number of ether oxygens (including phenoxy) is 2. The molecule has 0 fully saturated rings. The van der Waals surface area contributed by atoms with Gasteiger partial charge in [-0.1, -0.05) is 40.2 Å². The molecule has 0 bridgehead atoms. The third-order valence-electron chi connectivity index (χ3n) is 4.43. The van der Waals surface area contributed by atoms with Gasteiger partial charge in [0, 0.05) is 25.5 Å². The number of nitrogens with zero attached hydrogens (tertiary/aromatic N) is 3. The molecule has 1 aromatic heterocycles. The van der Waals surface area contributed by atoms with Gasteiger partial charge in [-0.15, -0.1) is 0 Å². The lowest BCUT2D eigenvalue weighted by molar-refractivity contribution is 0.102. The Hall–Kier alpha value is -2.93. The van der Waals surface area contributed by atoms with E-state index in [1.54, 1.807) is 26.6 Å². The third-order valence-corrected chi connectivity index (χ3v) is 4.94. The van der Waals surface area contributed by atoms with Gasteiger partial charge in [0.2, 0.25) is 5.95 Å². The van der Waals surface area contributed by atoms with Crippen molar-refractivity contribution in [3.8, 4) is 11.5 Å². The number of ketones is 1. The number of methoxy groups -OCH3 is 2. The largest absolute Gasteiger partial charge is 0.497 e. The van der Waals surface area contributed by atoms with Crippen LogP contribution >= 0.6 is 15.9 Å². The zero-order chi connectivity index (χ0) is 20.6. The van der Waals surface area contributed by atoms with Crippen LogP contribution in [-0.4, -0.2) is 35.3 Å². The average molecular weight is 456 g/mol. The van der Waals surface area contributed by atoms with E-state index in [1.807, 2.05) is 48.5 Å². The quantitative estimate of drug-likeness (QED) is 0.354. The van der Waals surface area contributed by atoms with Crippen LogP contribution in [0.5, 0.6) is 11.5 Å². The van der Waals surface area contributed by atoms with Crippen LogP contribution in [0.15, 0.2) is 60.9 Å². The summed E-state index contributed by atoms with van der Waals surface area (Å²) in [6.07, 6.45) is 3.14. The summed E-state index contributed by atoms with van der Waals surface area (Å²) >= 11 is 3.17. The lowest BCUT2D eigenvalue weighted by Crippen LogP contribution is -2.24. The van der Waals surface area contributed by atoms with Crippen LogP contribution in [0.4, 0.5) is 5.95 Å². The fraction of sp³-hybridized carbons (Fsp3) is 0.227. The van der Waals surface area contributed by atoms with Crippen molar-refractivity contribution in [3.63, 3.8) is 0 Å². The van der Waals surface area contributed by atoms with Crippen LogP contribution in [0, 0.1) is 0 Å². The van der Waals surface area contributed by atoms with E-state index in [9.17, 15) is 4.79 Å². The van der Waals surface area contributed by atoms with Crippen LogP contribution < -0.4 is 14.4 Å². The number of hydrogen-bond donors (Lipinski definition) is 0. The normalized spacial score (nSPS) is 10.4. The molecule has 0 saturated carbocycles. The summed E-state index contributed by atoms with van der Waals surface area (Å²) in [5.74, 6) is 2.13. The van der Waals surface area contributed by atoms with Gasteiger partial charge in [0.25, 0.3) is 0 Å². The van der Waals surface area contributed by atoms with Gasteiger partial charge in [0.15, 0.2) is 5.78 Å². The van der Waals surface area contributed by atoms with E-state index in [0.717, 1.165) is 22.6 Å². The molecular weight excluding hydrogens is 434 g/mol. The highest BCUT2D eigenvalue weighted by Crippen LogP contribution is 2.20. The highest BCUT2D eigenvalue weighted by atomic mass is 79.9. The van der Waals surface area contributed by atoms with Gasteiger partial charge in [-0.3, -0.25) is 4.79 Å². The molecule has 0 aliphatic heterocycles. The van der Waals surface area contributed by atoms with Gasteiger partial charge in [0.1, 0.15) is 11.5 Å². The molecule has 0 N–H and O–H groups in total. The number of aromatic nitrogens is 2. The van der Waals surface area contributed by atoms with E-state index in [0.29, 0.717) is 24.6 Å². The second-order valence-corrected chi connectivity index (χ2v) is 6.94. The summed E-state index contributed by atoms with van der Waals surface area (Å²) in [7, 11) is 3.29. The first kappa shape index (κ1) is 20.8. The van der Waals surface area contributed by atoms with Crippen LogP contribution in [0.3, 0.4) is 0 Å². The Morgan fingerprint density at radius 2 is 1.31 bits per heavy atom. The Morgan fingerprint density at radius 3 is 1.69 bits per heavy atom. The summed E-state index contributed by atoms with van der Waals surface area (Å²) < 4.78 is 10.5. The molecule has 2 aromatic carbocycles. The first-order valence-electron chi connectivity index (χ1n) is 9.05. The van der Waals surface area contributed by atoms with Crippen LogP contribution in [0.25, 0.3) is 0 Å². The van der Waals surface area contributed by atoms with E-state index < -0.39 is 0 Å². The first-order valence-corrected chi connectivity index (χ1v) is 10.2. The fourth-order valence-corrected chi connectivity index (χ4v) is 3.13. The molecule has 29 heavy (non-hydrogen) atoms. The molecule has 0 spiro atoms. The lowest BCUT2D eigenvalue weighted by atomic mass is 10.1. The monoisotopic (exact) mass is 455 g/mol. The minimum atomic E-state index is -0.0478. The molecule has 150 valence electrons. The number of carbonyl (C=O) groups is 1. The molecule has 0 aliphatic carbocycles. The van der Waals surface area contributed by atoms with Gasteiger partial charge in [-0.2, -0.15) is 0 Å². The van der Waals surface area contributed by atoms with Crippen molar-refractivity contribution in [2.45, 2.75) is 13.1 Å². The number of halogens is 1. The third kappa shape index (κ3) is 5.54. The fourth-order valence-electron chi connectivity index (χ4n) is 2.81. The van der Waals surface area contributed by atoms with Crippen LogP contribution in [0.1, 0.15) is 21.5 Å². The maximum Gasteiger partial charge on any atom is 0.225 e. The number of alkyl halides is 1. The predicted molar refractivity (Wildman–Crippen MR) is 116 cm³/mol. The van der Waals surface area contributed by atoms with Gasteiger partial charge in [-0.25, -0.2) is 9.97 Å². The summed E-state index contributed by atoms with van der Waals surface area (Å²) in [4.78, 5) is 22.8. The van der Waals surface area contributed by atoms with Crippen molar-refractivity contribution in [1.29, 1.82) is 0 Å². The average Bonchev–Trinajstić information content (AvgIpc) is 2.79. The van der Waals surface area contributed by atoms with Gasteiger partial charge in [-0.05, 0) is 35.4 Å². The van der Waals surface area contributed by atoms with Gasteiger partial charge in [0.05, 0.1) is 25.1 Å². The number of hydrogen-bond acceptors (Lipinski definition) is 6. The minimum Gasteiger partial charge on any atom is -0.497 e. The first-order chi connectivity index (χ1) is 14.1. The highest BCUT2D eigenvalue weighted by Gasteiger charge is 2.13. The van der Waals surface area contributed by atoms with Gasteiger partial charge < -0.3 is 14.4 Å². The molecule has 7 heteroatoms. The summed E-state index contributed by atoms with van der Waals surface area (Å²) in [5.41, 5.74) is 2.69. The topological polar surface area (TPSA) is 64.6 Å². The van der Waals surface area contributed by atoms with Crippen molar-refractivity contribution in [2.75, 3.05) is 24.4 Å². The SMILES string of the molecule is COc1ccc(CN(Cc2ccc(OC)cc2)c2ncc(C(=O)CBr)cn2)cc1. The van der Waals surface area contributed by atoms with E-state index in [-0.39, 0.29) is 11.1 Å². The molecule has 6 nitrogen and oxygen atoms in total. The number of carbonyl (C=O) groups excluding carboxylic acids is 1. The van der Waals surface area contributed by atoms with Crippen molar-refractivity contribution in [3.05, 3.63) is 77.6 Å². The van der Waals surface area contributed by atoms with Crippen molar-refractivity contribution in [1.82, 2.24) is 9.97 Å². The molecule has 0 saturated heterocycles. The molecule has 0 unspecified atom stereocenters. The van der Waals surface area contributed by atoms with Gasteiger partial charge >= 0.3 is 0 Å². The molecule has 0 aliphatic rings. The van der Waals surface area contributed by atoms with E-state index in [2.05, 4.69) is 30.8 Å². The maximum absolute atomic E-state index is 11.8. The van der Waals surface area contributed by atoms with E-state index in [1.165, 1.54) is 0 Å². The Labute approximate surface area is 178 Å². The Kier molecular flexibility index (Phi) is 7.19. The smallest absolute Gasteiger partial charge is 0.225 e. The minimum absolute atomic E-state index is 0.0478. The zero-order valence-electron chi connectivity index (χ0n) is 16.3.